The Labute approximate surface area is 152 Å². The van der Waals surface area contributed by atoms with Crippen molar-refractivity contribution in [2.24, 2.45) is 0 Å². The van der Waals surface area contributed by atoms with Crippen LogP contribution in [0.2, 0.25) is 5.02 Å². The molecule has 2 unspecified atom stereocenters. The van der Waals surface area contributed by atoms with E-state index in [1.54, 1.807) is 43.1 Å². The highest BCUT2D eigenvalue weighted by atomic mass is 35.5. The lowest BCUT2D eigenvalue weighted by atomic mass is 10.2. The molecular weight excluding hydrogens is 366 g/mol. The molecule has 136 valence electrons. The van der Waals surface area contributed by atoms with E-state index in [9.17, 15) is 18.0 Å². The van der Waals surface area contributed by atoms with E-state index in [1.165, 1.54) is 9.80 Å². The molecule has 9 heteroatoms. The van der Waals surface area contributed by atoms with Crippen LogP contribution >= 0.6 is 11.6 Å². The second-order valence-corrected chi connectivity index (χ2v) is 9.19. The van der Waals surface area contributed by atoms with Crippen molar-refractivity contribution in [1.82, 2.24) is 9.80 Å². The third-order valence-electron chi connectivity index (χ3n) is 4.75. The van der Waals surface area contributed by atoms with Crippen molar-refractivity contribution in [3.8, 4) is 0 Å². The van der Waals surface area contributed by atoms with Crippen LogP contribution in [0.4, 0.5) is 10.5 Å². The number of nitrogens with zero attached hydrogens (tertiary/aromatic N) is 3. The summed E-state index contributed by atoms with van der Waals surface area (Å²) in [6.07, 6.45) is 0.519. The molecule has 2 saturated heterocycles. The van der Waals surface area contributed by atoms with Gasteiger partial charge in [-0.2, -0.15) is 0 Å². The van der Waals surface area contributed by atoms with Crippen molar-refractivity contribution in [3.63, 3.8) is 0 Å². The van der Waals surface area contributed by atoms with Gasteiger partial charge in [0.2, 0.25) is 0 Å². The number of benzene rings is 1. The van der Waals surface area contributed by atoms with E-state index in [1.807, 2.05) is 0 Å². The van der Waals surface area contributed by atoms with Crippen molar-refractivity contribution in [2.75, 3.05) is 30.1 Å². The van der Waals surface area contributed by atoms with Crippen LogP contribution in [-0.2, 0) is 14.6 Å². The first-order valence-corrected chi connectivity index (χ1v) is 10.2. The van der Waals surface area contributed by atoms with Crippen LogP contribution in [0.15, 0.2) is 24.3 Å². The van der Waals surface area contributed by atoms with Crippen molar-refractivity contribution in [2.45, 2.75) is 25.4 Å². The number of carbonyl (C=O) groups is 2. The second-order valence-electron chi connectivity index (χ2n) is 6.53. The van der Waals surface area contributed by atoms with Gasteiger partial charge in [0, 0.05) is 16.8 Å². The number of hydrogen-bond acceptors (Lipinski definition) is 5. The molecule has 3 rings (SSSR count). The topological polar surface area (TPSA) is 78.0 Å². The van der Waals surface area contributed by atoms with Crippen LogP contribution in [0.3, 0.4) is 0 Å². The molecule has 2 fully saturated rings. The minimum Gasteiger partial charge on any atom is -0.285 e. The summed E-state index contributed by atoms with van der Waals surface area (Å²) in [5.41, 5.74) is 0.601. The Morgan fingerprint density at radius 2 is 1.88 bits per heavy atom. The maximum atomic E-state index is 12.7. The van der Waals surface area contributed by atoms with Crippen LogP contribution in [0, 0.1) is 0 Å². The average molecular weight is 386 g/mol. The molecule has 0 radical (unpaired) electrons. The zero-order valence-electron chi connectivity index (χ0n) is 14.1. The molecule has 0 spiro atoms. The van der Waals surface area contributed by atoms with Gasteiger partial charge in [-0.3, -0.25) is 14.6 Å². The Balaban J connectivity index is 1.75. The van der Waals surface area contributed by atoms with Crippen molar-refractivity contribution < 1.29 is 18.0 Å². The number of imide groups is 1. The summed E-state index contributed by atoms with van der Waals surface area (Å²) in [6.45, 7) is 1.75. The number of halogens is 1. The van der Waals surface area contributed by atoms with Gasteiger partial charge in [0.05, 0.1) is 18.2 Å². The largest absolute Gasteiger partial charge is 0.333 e. The van der Waals surface area contributed by atoms with Gasteiger partial charge in [-0.05, 0) is 44.7 Å². The third kappa shape index (κ3) is 3.51. The number of urea groups is 1. The van der Waals surface area contributed by atoms with E-state index in [0.717, 1.165) is 0 Å². The molecule has 3 amide bonds. The third-order valence-corrected chi connectivity index (χ3v) is 6.75. The molecule has 0 bridgehead atoms. The van der Waals surface area contributed by atoms with Crippen molar-refractivity contribution in [3.05, 3.63) is 29.3 Å². The van der Waals surface area contributed by atoms with E-state index in [2.05, 4.69) is 0 Å². The van der Waals surface area contributed by atoms with Crippen LogP contribution < -0.4 is 4.90 Å². The summed E-state index contributed by atoms with van der Waals surface area (Å²) in [5, 5.41) is 0.549. The summed E-state index contributed by atoms with van der Waals surface area (Å²) >= 11 is 5.88. The normalized spacial score (nSPS) is 26.1. The smallest absolute Gasteiger partial charge is 0.285 e. The van der Waals surface area contributed by atoms with E-state index in [0.29, 0.717) is 17.1 Å². The summed E-state index contributed by atoms with van der Waals surface area (Å²) in [7, 11) is -1.28. The first kappa shape index (κ1) is 18.2. The molecule has 1 aromatic rings. The standard InChI is InChI=1S/C16H20ClN3O4S/c1-11-15(21)19(10-18(2)14-7-8-25(23,24)9-14)16(22)20(11)13-5-3-12(17)4-6-13/h3-6,11,14H,7-10H2,1-2H3. The van der Waals surface area contributed by atoms with Gasteiger partial charge in [0.25, 0.3) is 5.91 Å². The first-order chi connectivity index (χ1) is 11.7. The summed E-state index contributed by atoms with van der Waals surface area (Å²) in [6, 6.07) is 5.52. The van der Waals surface area contributed by atoms with E-state index >= 15 is 0 Å². The lowest BCUT2D eigenvalue weighted by Gasteiger charge is -2.27. The molecule has 25 heavy (non-hydrogen) atoms. The van der Waals surface area contributed by atoms with Crippen LogP contribution in [0.5, 0.6) is 0 Å². The van der Waals surface area contributed by atoms with Gasteiger partial charge in [-0.15, -0.1) is 0 Å². The predicted octanol–water partition coefficient (Wildman–Crippen LogP) is 1.57. The Kier molecular flexibility index (Phi) is 4.78. The Bertz CT molecular complexity index is 796. The number of anilines is 1. The molecule has 0 saturated carbocycles. The SMILES string of the molecule is CC1C(=O)N(CN(C)C2CCS(=O)(=O)C2)C(=O)N1c1ccc(Cl)cc1. The van der Waals surface area contributed by atoms with Gasteiger partial charge in [0.1, 0.15) is 6.04 Å². The minimum atomic E-state index is -3.02. The average Bonchev–Trinajstić information content (AvgIpc) is 3.01. The number of hydrogen-bond donors (Lipinski definition) is 0. The maximum Gasteiger partial charge on any atom is 0.333 e. The summed E-state index contributed by atoms with van der Waals surface area (Å²) in [4.78, 5) is 29.6. The van der Waals surface area contributed by atoms with E-state index in [-0.39, 0.29) is 30.1 Å². The van der Waals surface area contributed by atoms with Gasteiger partial charge in [-0.1, -0.05) is 11.6 Å². The summed E-state index contributed by atoms with van der Waals surface area (Å²) in [5.74, 6) is -0.0828. The Morgan fingerprint density at radius 1 is 1.24 bits per heavy atom. The molecule has 1 aromatic carbocycles. The zero-order chi connectivity index (χ0) is 18.4. The van der Waals surface area contributed by atoms with Crippen LogP contribution in [0.25, 0.3) is 0 Å². The van der Waals surface area contributed by atoms with Crippen LogP contribution in [0.1, 0.15) is 13.3 Å². The molecule has 0 aromatic heterocycles. The number of carbonyl (C=O) groups excluding carboxylic acids is 2. The molecule has 2 atom stereocenters. The van der Waals surface area contributed by atoms with Gasteiger partial charge in [-0.25, -0.2) is 18.1 Å². The quantitative estimate of drug-likeness (QED) is 0.735. The Hall–Kier alpha value is -1.64. The molecule has 2 aliphatic rings. The summed E-state index contributed by atoms with van der Waals surface area (Å²) < 4.78 is 23.3. The predicted molar refractivity (Wildman–Crippen MR) is 95.3 cm³/mol. The zero-order valence-corrected chi connectivity index (χ0v) is 15.6. The van der Waals surface area contributed by atoms with E-state index < -0.39 is 21.9 Å². The molecule has 2 heterocycles. The van der Waals surface area contributed by atoms with Crippen molar-refractivity contribution in [1.29, 1.82) is 0 Å². The molecular formula is C16H20ClN3O4S. The fourth-order valence-electron chi connectivity index (χ4n) is 3.25. The lowest BCUT2D eigenvalue weighted by Crippen LogP contribution is -2.45. The van der Waals surface area contributed by atoms with Crippen LogP contribution in [-0.4, -0.2) is 67.5 Å². The highest BCUT2D eigenvalue weighted by molar-refractivity contribution is 7.91. The van der Waals surface area contributed by atoms with Gasteiger partial charge >= 0.3 is 6.03 Å². The molecule has 2 aliphatic heterocycles. The fourth-order valence-corrected chi connectivity index (χ4v) is 5.18. The lowest BCUT2D eigenvalue weighted by molar-refractivity contribution is -0.128. The highest BCUT2D eigenvalue weighted by Gasteiger charge is 2.44. The number of rotatable bonds is 4. The molecule has 0 N–H and O–H groups in total. The fraction of sp³-hybridized carbons (Fsp3) is 0.500. The Morgan fingerprint density at radius 3 is 2.44 bits per heavy atom. The first-order valence-electron chi connectivity index (χ1n) is 8.00. The number of amides is 3. The minimum absolute atomic E-state index is 0.0656. The monoisotopic (exact) mass is 385 g/mol. The molecule has 7 nitrogen and oxygen atoms in total. The van der Waals surface area contributed by atoms with Crippen molar-refractivity contribution >= 4 is 39.1 Å². The highest BCUT2D eigenvalue weighted by Crippen LogP contribution is 2.27. The number of sulfone groups is 1. The van der Waals surface area contributed by atoms with Gasteiger partial charge in [0.15, 0.2) is 9.84 Å². The van der Waals surface area contributed by atoms with E-state index in [4.69, 9.17) is 11.6 Å². The maximum absolute atomic E-state index is 12.7. The second kappa shape index (κ2) is 6.59. The molecule has 0 aliphatic carbocycles. The van der Waals surface area contributed by atoms with Gasteiger partial charge < -0.3 is 0 Å².